The van der Waals surface area contributed by atoms with E-state index >= 15 is 0 Å². The molecule has 0 amide bonds. The van der Waals surface area contributed by atoms with Crippen LogP contribution in [0.1, 0.15) is 42.6 Å². The number of rotatable bonds is 7. The Bertz CT molecular complexity index is 536. The fourth-order valence-electron chi connectivity index (χ4n) is 2.36. The molecule has 1 unspecified atom stereocenters. The van der Waals surface area contributed by atoms with Crippen LogP contribution in [0.15, 0.2) is 28.8 Å². The average molecular weight is 273 g/mol. The van der Waals surface area contributed by atoms with E-state index in [0.29, 0.717) is 6.04 Å². The second-order valence-corrected chi connectivity index (χ2v) is 5.25. The third-order valence-electron chi connectivity index (χ3n) is 3.42. The smallest absolute Gasteiger partial charge is 0.228 e. The summed E-state index contributed by atoms with van der Waals surface area (Å²) in [6, 6.07) is 8.81. The first-order valence-corrected chi connectivity index (χ1v) is 7.25. The number of aryl methyl sites for hydroxylation is 1. The molecule has 0 saturated carbocycles. The van der Waals surface area contributed by atoms with Gasteiger partial charge in [0.1, 0.15) is 0 Å². The Morgan fingerprint density at radius 2 is 2.20 bits per heavy atom. The second-order valence-electron chi connectivity index (χ2n) is 5.25. The molecule has 0 saturated heterocycles. The van der Waals surface area contributed by atoms with Gasteiger partial charge in [-0.25, -0.2) is 0 Å². The molecule has 0 aliphatic carbocycles. The van der Waals surface area contributed by atoms with Gasteiger partial charge in [-0.1, -0.05) is 48.3 Å². The second kappa shape index (κ2) is 7.20. The highest BCUT2D eigenvalue weighted by Gasteiger charge is 2.12. The minimum absolute atomic E-state index is 0.410. The van der Waals surface area contributed by atoms with Gasteiger partial charge >= 0.3 is 0 Å². The fourth-order valence-corrected chi connectivity index (χ4v) is 2.36. The molecular formula is C16H23N3O. The van der Waals surface area contributed by atoms with Crippen molar-refractivity contribution in [2.75, 3.05) is 7.05 Å². The molecule has 1 aromatic heterocycles. The number of likely N-dealkylation sites (N-methyl/N-ethyl adjacent to an activating group) is 1. The predicted octanol–water partition coefficient (Wildman–Crippen LogP) is 2.90. The summed E-state index contributed by atoms with van der Waals surface area (Å²) in [5.41, 5.74) is 2.47. The molecule has 0 bridgehead atoms. The fraction of sp³-hybridized carbons (Fsp3) is 0.500. The van der Waals surface area contributed by atoms with Gasteiger partial charge in [0.05, 0.1) is 0 Å². The molecule has 0 spiro atoms. The van der Waals surface area contributed by atoms with Crippen molar-refractivity contribution >= 4 is 0 Å². The van der Waals surface area contributed by atoms with Crippen molar-refractivity contribution in [3.8, 4) is 0 Å². The maximum atomic E-state index is 5.34. The number of hydrogen-bond donors (Lipinski definition) is 1. The third-order valence-corrected chi connectivity index (χ3v) is 3.42. The van der Waals surface area contributed by atoms with E-state index in [0.717, 1.165) is 37.4 Å². The summed E-state index contributed by atoms with van der Waals surface area (Å²) in [5.74, 6) is 1.48. The number of nitrogens with zero attached hydrogens (tertiary/aromatic N) is 2. The van der Waals surface area contributed by atoms with Crippen LogP contribution in [-0.2, 0) is 12.8 Å². The molecule has 0 aliphatic heterocycles. The number of hydrogen-bond acceptors (Lipinski definition) is 4. The van der Waals surface area contributed by atoms with E-state index in [1.807, 2.05) is 7.05 Å². The summed E-state index contributed by atoms with van der Waals surface area (Å²) in [6.07, 6.45) is 3.79. The van der Waals surface area contributed by atoms with Gasteiger partial charge in [-0.2, -0.15) is 4.98 Å². The summed E-state index contributed by atoms with van der Waals surface area (Å²) in [5, 5.41) is 7.36. The molecule has 0 fully saturated rings. The molecule has 20 heavy (non-hydrogen) atoms. The molecule has 0 aliphatic rings. The summed E-state index contributed by atoms with van der Waals surface area (Å²) in [7, 11) is 1.98. The lowest BCUT2D eigenvalue weighted by molar-refractivity contribution is 0.352. The Morgan fingerprint density at radius 3 is 2.90 bits per heavy atom. The van der Waals surface area contributed by atoms with E-state index in [4.69, 9.17) is 4.52 Å². The topological polar surface area (TPSA) is 51.0 Å². The van der Waals surface area contributed by atoms with E-state index < -0.39 is 0 Å². The van der Waals surface area contributed by atoms with Crippen LogP contribution in [0.5, 0.6) is 0 Å². The third kappa shape index (κ3) is 4.17. The molecule has 108 valence electrons. The van der Waals surface area contributed by atoms with Crippen LogP contribution in [0.2, 0.25) is 0 Å². The van der Waals surface area contributed by atoms with Crippen molar-refractivity contribution < 1.29 is 4.52 Å². The standard InChI is InChI=1S/C16H23N3O/c1-4-6-14(17-3)11-16-18-15(19-20-16)10-13-8-5-7-12(2)9-13/h5,7-9,14,17H,4,6,10-11H2,1-3H3. The Hall–Kier alpha value is -1.68. The van der Waals surface area contributed by atoms with Crippen LogP contribution >= 0.6 is 0 Å². The molecule has 1 aromatic carbocycles. The van der Waals surface area contributed by atoms with Crippen LogP contribution in [0, 0.1) is 6.92 Å². The molecule has 4 nitrogen and oxygen atoms in total. The molecule has 2 rings (SSSR count). The van der Waals surface area contributed by atoms with Gasteiger partial charge in [0, 0.05) is 18.9 Å². The van der Waals surface area contributed by atoms with Crippen molar-refractivity contribution in [3.63, 3.8) is 0 Å². The zero-order valence-electron chi connectivity index (χ0n) is 12.5. The van der Waals surface area contributed by atoms with Crippen LogP contribution < -0.4 is 5.32 Å². The molecule has 1 atom stereocenters. The SMILES string of the molecule is CCCC(Cc1nc(Cc2cccc(C)c2)no1)NC. The van der Waals surface area contributed by atoms with Gasteiger partial charge in [-0.3, -0.25) is 0 Å². The van der Waals surface area contributed by atoms with Gasteiger partial charge in [0.25, 0.3) is 0 Å². The summed E-state index contributed by atoms with van der Waals surface area (Å²) < 4.78 is 5.34. The molecule has 1 heterocycles. The summed E-state index contributed by atoms with van der Waals surface area (Å²) in [6.45, 7) is 4.27. The van der Waals surface area contributed by atoms with E-state index in [1.54, 1.807) is 0 Å². The van der Waals surface area contributed by atoms with Gasteiger partial charge in [0.15, 0.2) is 5.82 Å². The molecule has 4 heteroatoms. The zero-order chi connectivity index (χ0) is 14.4. The summed E-state index contributed by atoms with van der Waals surface area (Å²) >= 11 is 0. The lowest BCUT2D eigenvalue weighted by Crippen LogP contribution is -2.27. The van der Waals surface area contributed by atoms with Crippen molar-refractivity contribution in [2.24, 2.45) is 0 Å². The Balaban J connectivity index is 1.98. The van der Waals surface area contributed by atoms with Crippen molar-refractivity contribution in [1.82, 2.24) is 15.5 Å². The number of benzene rings is 1. The molecule has 1 N–H and O–H groups in total. The largest absolute Gasteiger partial charge is 0.339 e. The van der Waals surface area contributed by atoms with Gasteiger partial charge in [0.2, 0.25) is 5.89 Å². The predicted molar refractivity (Wildman–Crippen MR) is 79.7 cm³/mol. The Kier molecular flexibility index (Phi) is 5.30. The molecule has 0 radical (unpaired) electrons. The van der Waals surface area contributed by atoms with Crippen LogP contribution in [0.3, 0.4) is 0 Å². The lowest BCUT2D eigenvalue weighted by atomic mass is 10.1. The van der Waals surface area contributed by atoms with E-state index in [1.165, 1.54) is 11.1 Å². The normalized spacial score (nSPS) is 12.6. The minimum Gasteiger partial charge on any atom is -0.339 e. The first-order valence-electron chi connectivity index (χ1n) is 7.25. The highest BCUT2D eigenvalue weighted by atomic mass is 16.5. The average Bonchev–Trinajstić information content (AvgIpc) is 2.85. The molecular weight excluding hydrogens is 250 g/mol. The Morgan fingerprint density at radius 1 is 1.35 bits per heavy atom. The van der Waals surface area contributed by atoms with Crippen LogP contribution in [0.4, 0.5) is 0 Å². The van der Waals surface area contributed by atoms with Crippen LogP contribution in [-0.4, -0.2) is 23.2 Å². The van der Waals surface area contributed by atoms with E-state index in [9.17, 15) is 0 Å². The Labute approximate surface area is 120 Å². The molecule has 2 aromatic rings. The highest BCUT2D eigenvalue weighted by Crippen LogP contribution is 2.11. The van der Waals surface area contributed by atoms with Crippen molar-refractivity contribution in [1.29, 1.82) is 0 Å². The lowest BCUT2D eigenvalue weighted by Gasteiger charge is -2.11. The van der Waals surface area contributed by atoms with E-state index in [2.05, 4.69) is 53.6 Å². The first-order chi connectivity index (χ1) is 9.71. The monoisotopic (exact) mass is 273 g/mol. The van der Waals surface area contributed by atoms with Crippen molar-refractivity contribution in [2.45, 2.75) is 45.6 Å². The highest BCUT2D eigenvalue weighted by molar-refractivity contribution is 5.24. The van der Waals surface area contributed by atoms with Gasteiger partial charge in [-0.05, 0) is 26.0 Å². The van der Waals surface area contributed by atoms with Crippen LogP contribution in [0.25, 0.3) is 0 Å². The van der Waals surface area contributed by atoms with Crippen molar-refractivity contribution in [3.05, 3.63) is 47.1 Å². The van der Waals surface area contributed by atoms with Gasteiger partial charge < -0.3 is 9.84 Å². The van der Waals surface area contributed by atoms with E-state index in [-0.39, 0.29) is 0 Å². The summed E-state index contributed by atoms with van der Waals surface area (Å²) in [4.78, 5) is 4.49. The number of nitrogens with one attached hydrogen (secondary N) is 1. The zero-order valence-corrected chi connectivity index (χ0v) is 12.5. The number of aromatic nitrogens is 2. The van der Waals surface area contributed by atoms with Gasteiger partial charge in [-0.15, -0.1) is 0 Å². The quantitative estimate of drug-likeness (QED) is 0.842. The first kappa shape index (κ1) is 14.7. The maximum Gasteiger partial charge on any atom is 0.228 e. The minimum atomic E-state index is 0.410. The maximum absolute atomic E-state index is 5.34.